The molecule has 4 amide bonds. The summed E-state index contributed by atoms with van der Waals surface area (Å²) in [6, 6.07) is 7.67. The first-order valence-electron chi connectivity index (χ1n) is 8.25. The van der Waals surface area contributed by atoms with Crippen molar-refractivity contribution >= 4 is 41.2 Å². The van der Waals surface area contributed by atoms with Gasteiger partial charge in [0.15, 0.2) is 18.1 Å². The largest absolute Gasteiger partial charge is 0.493 e. The molecule has 0 unspecified atom stereocenters. The van der Waals surface area contributed by atoms with Crippen molar-refractivity contribution in [3.63, 3.8) is 0 Å². The zero-order valence-electron chi connectivity index (χ0n) is 15.0. The summed E-state index contributed by atoms with van der Waals surface area (Å²) in [6.07, 6.45) is 1.42. The standard InChI is InChI=1S/C19H15ClFN3O5/c1-28-15-8-10(7-14-18(26)24-19(27)23-14)6-13(20)17(15)29-9-16(25)22-12-4-2-11(21)3-5-12/h2-8H,9H2,1H3,(H,22,25)(H2,23,24,26,27)/b14-7+. The van der Waals surface area contributed by atoms with Gasteiger partial charge in [-0.05, 0) is 48.0 Å². The maximum absolute atomic E-state index is 12.9. The number of ether oxygens (including phenoxy) is 2. The Labute approximate surface area is 169 Å². The van der Waals surface area contributed by atoms with Crippen molar-refractivity contribution in [1.82, 2.24) is 10.6 Å². The van der Waals surface area contributed by atoms with E-state index in [0.29, 0.717) is 11.3 Å². The average Bonchev–Trinajstić information content (AvgIpc) is 2.99. The minimum absolute atomic E-state index is 0.0560. The minimum Gasteiger partial charge on any atom is -0.493 e. The van der Waals surface area contributed by atoms with Crippen molar-refractivity contribution in [2.75, 3.05) is 19.0 Å². The summed E-state index contributed by atoms with van der Waals surface area (Å²) in [5.41, 5.74) is 0.944. The van der Waals surface area contributed by atoms with E-state index in [1.807, 2.05) is 0 Å². The Kier molecular flexibility index (Phi) is 5.99. The molecule has 2 aromatic carbocycles. The van der Waals surface area contributed by atoms with Gasteiger partial charge in [0, 0.05) is 5.69 Å². The normalized spacial score (nSPS) is 14.4. The van der Waals surface area contributed by atoms with E-state index in [9.17, 15) is 18.8 Å². The first-order valence-corrected chi connectivity index (χ1v) is 8.63. The molecule has 3 N–H and O–H groups in total. The quantitative estimate of drug-likeness (QED) is 0.493. The van der Waals surface area contributed by atoms with Gasteiger partial charge in [-0.15, -0.1) is 0 Å². The zero-order valence-corrected chi connectivity index (χ0v) is 15.8. The summed E-state index contributed by atoms with van der Waals surface area (Å²) < 4.78 is 23.6. The predicted molar refractivity (Wildman–Crippen MR) is 103 cm³/mol. The Morgan fingerprint density at radius 2 is 1.93 bits per heavy atom. The molecular formula is C19H15ClFN3O5. The Bertz CT molecular complexity index is 1010. The highest BCUT2D eigenvalue weighted by atomic mass is 35.5. The lowest BCUT2D eigenvalue weighted by molar-refractivity contribution is -0.118. The van der Waals surface area contributed by atoms with Crippen LogP contribution in [-0.2, 0) is 9.59 Å². The van der Waals surface area contributed by atoms with Crippen LogP contribution in [0.3, 0.4) is 0 Å². The summed E-state index contributed by atoms with van der Waals surface area (Å²) in [5.74, 6) is -1.11. The summed E-state index contributed by atoms with van der Waals surface area (Å²) >= 11 is 6.23. The lowest BCUT2D eigenvalue weighted by Crippen LogP contribution is -2.22. The molecule has 150 valence electrons. The third-order valence-corrected chi connectivity index (χ3v) is 4.04. The Morgan fingerprint density at radius 3 is 2.55 bits per heavy atom. The molecule has 29 heavy (non-hydrogen) atoms. The number of urea groups is 1. The van der Waals surface area contributed by atoms with Gasteiger partial charge in [0.25, 0.3) is 11.8 Å². The molecule has 0 spiro atoms. The first kappa shape index (κ1) is 20.2. The molecule has 1 saturated heterocycles. The summed E-state index contributed by atoms with van der Waals surface area (Å²) in [6.45, 7) is -0.369. The van der Waals surface area contributed by atoms with E-state index in [4.69, 9.17) is 21.1 Å². The van der Waals surface area contributed by atoms with Crippen LogP contribution >= 0.6 is 11.6 Å². The molecule has 0 bridgehead atoms. The van der Waals surface area contributed by atoms with Gasteiger partial charge in [-0.1, -0.05) is 11.6 Å². The maximum atomic E-state index is 12.9. The van der Waals surface area contributed by atoms with E-state index in [0.717, 1.165) is 0 Å². The van der Waals surface area contributed by atoms with Crippen molar-refractivity contribution in [2.45, 2.75) is 0 Å². The smallest absolute Gasteiger partial charge is 0.326 e. The number of methoxy groups -OCH3 is 1. The number of imide groups is 1. The van der Waals surface area contributed by atoms with Gasteiger partial charge in [-0.25, -0.2) is 9.18 Å². The molecule has 0 aliphatic carbocycles. The van der Waals surface area contributed by atoms with Gasteiger partial charge in [0.05, 0.1) is 12.1 Å². The van der Waals surface area contributed by atoms with E-state index >= 15 is 0 Å². The molecule has 0 saturated carbocycles. The fraction of sp³-hybridized carbons (Fsp3) is 0.105. The van der Waals surface area contributed by atoms with Gasteiger partial charge in [0.1, 0.15) is 11.5 Å². The molecular weight excluding hydrogens is 405 g/mol. The molecule has 0 radical (unpaired) electrons. The van der Waals surface area contributed by atoms with Gasteiger partial charge >= 0.3 is 6.03 Å². The van der Waals surface area contributed by atoms with Crippen LogP contribution in [0.4, 0.5) is 14.9 Å². The summed E-state index contributed by atoms with van der Waals surface area (Å²) in [7, 11) is 1.39. The third kappa shape index (κ3) is 5.02. The molecule has 10 heteroatoms. The third-order valence-electron chi connectivity index (χ3n) is 3.76. The van der Waals surface area contributed by atoms with Gasteiger partial charge < -0.3 is 20.1 Å². The highest BCUT2D eigenvalue weighted by Gasteiger charge is 2.23. The Hall–Kier alpha value is -3.59. The van der Waals surface area contributed by atoms with Gasteiger partial charge in [0.2, 0.25) is 0 Å². The topological polar surface area (TPSA) is 106 Å². The molecule has 1 heterocycles. The van der Waals surface area contributed by atoms with Crippen molar-refractivity contribution in [3.05, 3.63) is 58.5 Å². The highest BCUT2D eigenvalue weighted by Crippen LogP contribution is 2.37. The van der Waals surface area contributed by atoms with Crippen LogP contribution in [-0.4, -0.2) is 31.6 Å². The number of hydrogen-bond acceptors (Lipinski definition) is 5. The zero-order chi connectivity index (χ0) is 21.0. The van der Waals surface area contributed by atoms with E-state index < -0.39 is 23.7 Å². The molecule has 1 aliphatic heterocycles. The number of carbonyl (C=O) groups is 3. The molecule has 0 atom stereocenters. The number of carbonyl (C=O) groups excluding carboxylic acids is 3. The second-order valence-corrected chi connectivity index (χ2v) is 6.25. The van der Waals surface area contributed by atoms with Crippen LogP contribution in [0.1, 0.15) is 5.56 Å². The number of benzene rings is 2. The first-order chi connectivity index (χ1) is 13.9. The monoisotopic (exact) mass is 419 g/mol. The maximum Gasteiger partial charge on any atom is 0.326 e. The Morgan fingerprint density at radius 1 is 1.21 bits per heavy atom. The van der Waals surface area contributed by atoms with Gasteiger partial charge in [-0.2, -0.15) is 0 Å². The number of amides is 4. The fourth-order valence-electron chi connectivity index (χ4n) is 2.48. The highest BCUT2D eigenvalue weighted by molar-refractivity contribution is 6.32. The molecule has 3 rings (SSSR count). The number of anilines is 1. The molecule has 1 aliphatic rings. The average molecular weight is 420 g/mol. The second kappa shape index (κ2) is 8.61. The van der Waals surface area contributed by atoms with E-state index in [2.05, 4.69) is 16.0 Å². The van der Waals surface area contributed by atoms with Crippen molar-refractivity contribution in [1.29, 1.82) is 0 Å². The van der Waals surface area contributed by atoms with E-state index in [1.165, 1.54) is 49.6 Å². The van der Waals surface area contributed by atoms with E-state index in [-0.39, 0.29) is 28.8 Å². The second-order valence-electron chi connectivity index (χ2n) is 5.84. The van der Waals surface area contributed by atoms with Crippen LogP contribution in [0.5, 0.6) is 11.5 Å². The number of rotatable bonds is 6. The van der Waals surface area contributed by atoms with E-state index in [1.54, 1.807) is 0 Å². The van der Waals surface area contributed by atoms with Crippen LogP contribution in [0.2, 0.25) is 5.02 Å². The van der Waals surface area contributed by atoms with Crippen molar-refractivity contribution in [2.24, 2.45) is 0 Å². The summed E-state index contributed by atoms with van der Waals surface area (Å²) in [4.78, 5) is 34.8. The molecule has 2 aromatic rings. The van der Waals surface area contributed by atoms with Crippen LogP contribution < -0.4 is 25.4 Å². The SMILES string of the molecule is COc1cc(/C=C2/NC(=O)NC2=O)cc(Cl)c1OCC(=O)Nc1ccc(F)cc1. The Balaban J connectivity index is 1.71. The van der Waals surface area contributed by atoms with Crippen LogP contribution in [0, 0.1) is 5.82 Å². The molecule has 1 fully saturated rings. The van der Waals surface area contributed by atoms with Gasteiger partial charge in [-0.3, -0.25) is 14.9 Å². The lowest BCUT2D eigenvalue weighted by Gasteiger charge is -2.13. The van der Waals surface area contributed by atoms with Crippen LogP contribution in [0.25, 0.3) is 6.08 Å². The number of hydrogen-bond donors (Lipinski definition) is 3. The number of nitrogens with one attached hydrogen (secondary N) is 3. The fourth-order valence-corrected chi connectivity index (χ4v) is 2.75. The predicted octanol–water partition coefficient (Wildman–Crippen LogP) is 2.69. The van der Waals surface area contributed by atoms with Crippen LogP contribution in [0.15, 0.2) is 42.1 Å². The minimum atomic E-state index is -0.619. The number of halogens is 2. The molecule has 8 nitrogen and oxygen atoms in total. The van der Waals surface area contributed by atoms with Crippen molar-refractivity contribution < 1.29 is 28.2 Å². The summed E-state index contributed by atoms with van der Waals surface area (Å²) in [5, 5.41) is 7.14. The van der Waals surface area contributed by atoms with Crippen molar-refractivity contribution in [3.8, 4) is 11.5 Å². The molecule has 0 aromatic heterocycles. The lowest BCUT2D eigenvalue weighted by atomic mass is 10.1.